The van der Waals surface area contributed by atoms with Crippen molar-refractivity contribution in [2.75, 3.05) is 31.1 Å². The van der Waals surface area contributed by atoms with Crippen LogP contribution in [0.4, 0.5) is 11.5 Å². The number of anilines is 1. The summed E-state index contributed by atoms with van der Waals surface area (Å²) in [6.07, 6.45) is 3.42. The second-order valence-electron chi connectivity index (χ2n) is 5.67. The second-order valence-corrected chi connectivity index (χ2v) is 5.67. The van der Waals surface area contributed by atoms with Crippen molar-refractivity contribution >= 4 is 11.5 Å². The van der Waals surface area contributed by atoms with Crippen LogP contribution in [0.15, 0.2) is 12.1 Å². The SMILES string of the molecule is CCCN(CC1CCNCC1)c1ccc([N+](=O)[O-])c(C)n1. The van der Waals surface area contributed by atoms with E-state index in [1.54, 1.807) is 19.1 Å². The van der Waals surface area contributed by atoms with Crippen LogP contribution in [0.25, 0.3) is 0 Å². The minimum atomic E-state index is -0.372. The molecule has 0 aliphatic carbocycles. The van der Waals surface area contributed by atoms with Gasteiger partial charge in [0.25, 0.3) is 5.69 Å². The standard InChI is InChI=1S/C15H24N4O2/c1-3-10-18(11-13-6-8-16-9-7-13)15-5-4-14(19(20)21)12(2)17-15/h4-5,13,16H,3,6-11H2,1-2H3. The molecule has 1 aliphatic heterocycles. The smallest absolute Gasteiger partial charge is 0.290 e. The number of aromatic nitrogens is 1. The van der Waals surface area contributed by atoms with E-state index in [1.165, 1.54) is 12.8 Å². The number of piperidine rings is 1. The molecular formula is C15H24N4O2. The number of pyridine rings is 1. The lowest BCUT2D eigenvalue weighted by Gasteiger charge is -2.30. The second kappa shape index (κ2) is 7.36. The van der Waals surface area contributed by atoms with Crippen molar-refractivity contribution in [2.45, 2.75) is 33.1 Å². The monoisotopic (exact) mass is 292 g/mol. The number of rotatable bonds is 6. The lowest BCUT2D eigenvalue weighted by molar-refractivity contribution is -0.385. The third kappa shape index (κ3) is 4.14. The first-order valence-electron chi connectivity index (χ1n) is 7.69. The molecule has 6 nitrogen and oxygen atoms in total. The maximum Gasteiger partial charge on any atom is 0.290 e. The van der Waals surface area contributed by atoms with Crippen LogP contribution in [0, 0.1) is 23.0 Å². The number of aryl methyl sites for hydroxylation is 1. The molecule has 116 valence electrons. The molecule has 0 spiro atoms. The van der Waals surface area contributed by atoms with Crippen LogP contribution in [-0.4, -0.2) is 36.1 Å². The van der Waals surface area contributed by atoms with Crippen molar-refractivity contribution in [3.8, 4) is 0 Å². The van der Waals surface area contributed by atoms with Gasteiger partial charge in [0.1, 0.15) is 11.5 Å². The van der Waals surface area contributed by atoms with Crippen molar-refractivity contribution < 1.29 is 4.92 Å². The van der Waals surface area contributed by atoms with E-state index in [9.17, 15) is 10.1 Å². The third-order valence-corrected chi connectivity index (χ3v) is 3.99. The van der Waals surface area contributed by atoms with Gasteiger partial charge < -0.3 is 10.2 Å². The minimum absolute atomic E-state index is 0.0945. The van der Waals surface area contributed by atoms with Gasteiger partial charge in [-0.3, -0.25) is 10.1 Å². The Balaban J connectivity index is 2.13. The number of nitro groups is 1. The molecule has 0 saturated carbocycles. The van der Waals surface area contributed by atoms with Gasteiger partial charge in [-0.1, -0.05) is 6.92 Å². The van der Waals surface area contributed by atoms with Crippen molar-refractivity contribution in [3.05, 3.63) is 27.9 Å². The van der Waals surface area contributed by atoms with Crippen molar-refractivity contribution in [1.82, 2.24) is 10.3 Å². The zero-order valence-electron chi connectivity index (χ0n) is 12.8. The fourth-order valence-electron chi connectivity index (χ4n) is 2.85. The Kier molecular flexibility index (Phi) is 5.50. The summed E-state index contributed by atoms with van der Waals surface area (Å²) < 4.78 is 0. The lowest BCUT2D eigenvalue weighted by atomic mass is 9.97. The number of nitrogens with one attached hydrogen (secondary N) is 1. The summed E-state index contributed by atoms with van der Waals surface area (Å²) in [4.78, 5) is 17.2. The van der Waals surface area contributed by atoms with Crippen LogP contribution in [-0.2, 0) is 0 Å². The van der Waals surface area contributed by atoms with Gasteiger partial charge in [-0.15, -0.1) is 0 Å². The Morgan fingerprint density at radius 2 is 2.14 bits per heavy atom. The van der Waals surface area contributed by atoms with Gasteiger partial charge >= 0.3 is 0 Å². The molecule has 0 unspecified atom stereocenters. The largest absolute Gasteiger partial charge is 0.356 e. The molecule has 1 N–H and O–H groups in total. The fourth-order valence-corrected chi connectivity index (χ4v) is 2.85. The molecule has 6 heteroatoms. The van der Waals surface area contributed by atoms with E-state index < -0.39 is 0 Å². The van der Waals surface area contributed by atoms with Crippen molar-refractivity contribution in [2.24, 2.45) is 5.92 Å². The zero-order valence-corrected chi connectivity index (χ0v) is 12.8. The van der Waals surface area contributed by atoms with E-state index in [4.69, 9.17) is 0 Å². The maximum atomic E-state index is 10.9. The van der Waals surface area contributed by atoms with Gasteiger partial charge in [0.05, 0.1) is 4.92 Å². The van der Waals surface area contributed by atoms with Gasteiger partial charge in [0.2, 0.25) is 0 Å². The Hall–Kier alpha value is -1.69. The van der Waals surface area contributed by atoms with E-state index >= 15 is 0 Å². The minimum Gasteiger partial charge on any atom is -0.356 e. The van der Waals surface area contributed by atoms with E-state index in [0.717, 1.165) is 38.4 Å². The highest BCUT2D eigenvalue weighted by atomic mass is 16.6. The summed E-state index contributed by atoms with van der Waals surface area (Å²) >= 11 is 0. The van der Waals surface area contributed by atoms with Gasteiger partial charge in [0.15, 0.2) is 0 Å². The molecule has 1 aromatic heterocycles. The highest BCUT2D eigenvalue weighted by molar-refractivity contribution is 5.46. The molecule has 2 heterocycles. The number of hydrogen-bond acceptors (Lipinski definition) is 5. The number of hydrogen-bond donors (Lipinski definition) is 1. The molecule has 0 atom stereocenters. The average Bonchev–Trinajstić information content (AvgIpc) is 2.47. The quantitative estimate of drug-likeness (QED) is 0.644. The molecule has 1 aliphatic rings. The van der Waals surface area contributed by atoms with Crippen LogP contribution in [0.3, 0.4) is 0 Å². The molecule has 2 rings (SSSR count). The third-order valence-electron chi connectivity index (χ3n) is 3.99. The molecule has 1 aromatic rings. The summed E-state index contributed by atoms with van der Waals surface area (Å²) in [6.45, 7) is 7.94. The zero-order chi connectivity index (χ0) is 15.2. The van der Waals surface area contributed by atoms with Gasteiger partial charge in [-0.25, -0.2) is 4.98 Å². The molecule has 0 amide bonds. The van der Waals surface area contributed by atoms with Gasteiger partial charge in [-0.05, 0) is 51.3 Å². The van der Waals surface area contributed by atoms with Crippen LogP contribution in [0.5, 0.6) is 0 Å². The maximum absolute atomic E-state index is 10.9. The Morgan fingerprint density at radius 1 is 1.43 bits per heavy atom. The van der Waals surface area contributed by atoms with Crippen molar-refractivity contribution in [1.29, 1.82) is 0 Å². The van der Waals surface area contributed by atoms with E-state index in [-0.39, 0.29) is 10.6 Å². The Morgan fingerprint density at radius 3 is 2.71 bits per heavy atom. The van der Waals surface area contributed by atoms with E-state index in [1.807, 2.05) is 0 Å². The number of nitrogens with zero attached hydrogens (tertiary/aromatic N) is 3. The summed E-state index contributed by atoms with van der Waals surface area (Å²) in [7, 11) is 0. The molecule has 21 heavy (non-hydrogen) atoms. The molecule has 1 fully saturated rings. The lowest BCUT2D eigenvalue weighted by Crippen LogP contribution is -2.37. The molecule has 0 radical (unpaired) electrons. The molecular weight excluding hydrogens is 268 g/mol. The normalized spacial score (nSPS) is 15.9. The van der Waals surface area contributed by atoms with Crippen molar-refractivity contribution in [3.63, 3.8) is 0 Å². The predicted molar refractivity (Wildman–Crippen MR) is 83.7 cm³/mol. The summed E-state index contributed by atoms with van der Waals surface area (Å²) in [5, 5.41) is 14.3. The van der Waals surface area contributed by atoms with Gasteiger partial charge in [0, 0.05) is 19.2 Å². The van der Waals surface area contributed by atoms with Crippen LogP contribution < -0.4 is 10.2 Å². The first kappa shape index (κ1) is 15.7. The predicted octanol–water partition coefficient (Wildman–Crippen LogP) is 2.51. The van der Waals surface area contributed by atoms with E-state index in [2.05, 4.69) is 22.1 Å². The van der Waals surface area contributed by atoms with Crippen LogP contribution in [0.1, 0.15) is 31.9 Å². The Labute approximate surface area is 125 Å². The first-order chi connectivity index (χ1) is 10.1. The molecule has 0 aromatic carbocycles. The molecule has 1 saturated heterocycles. The summed E-state index contributed by atoms with van der Waals surface area (Å²) in [6, 6.07) is 3.35. The Bertz CT molecular complexity index is 487. The fraction of sp³-hybridized carbons (Fsp3) is 0.667. The molecule has 0 bridgehead atoms. The van der Waals surface area contributed by atoms with Crippen LogP contribution >= 0.6 is 0 Å². The topological polar surface area (TPSA) is 71.3 Å². The first-order valence-corrected chi connectivity index (χ1v) is 7.69. The highest BCUT2D eigenvalue weighted by Gasteiger charge is 2.19. The highest BCUT2D eigenvalue weighted by Crippen LogP contribution is 2.23. The average molecular weight is 292 g/mol. The van der Waals surface area contributed by atoms with Crippen LogP contribution in [0.2, 0.25) is 0 Å². The summed E-state index contributed by atoms with van der Waals surface area (Å²) in [5.41, 5.74) is 0.584. The van der Waals surface area contributed by atoms with Gasteiger partial charge in [-0.2, -0.15) is 0 Å². The summed E-state index contributed by atoms with van der Waals surface area (Å²) in [5.74, 6) is 1.54. The van der Waals surface area contributed by atoms with E-state index in [0.29, 0.717) is 11.6 Å².